The van der Waals surface area contributed by atoms with Gasteiger partial charge in [0.15, 0.2) is 0 Å². The van der Waals surface area contributed by atoms with Crippen LogP contribution in [0.4, 0.5) is 4.79 Å². The summed E-state index contributed by atoms with van der Waals surface area (Å²) in [4.78, 5) is 16.4. The molecule has 0 aliphatic carbocycles. The van der Waals surface area contributed by atoms with Gasteiger partial charge in [-0.05, 0) is 25.5 Å². The first-order valence-corrected chi connectivity index (χ1v) is 7.87. The van der Waals surface area contributed by atoms with E-state index in [1.165, 1.54) is 6.42 Å². The Labute approximate surface area is 108 Å². The first-order valence-electron chi connectivity index (χ1n) is 6.58. The third-order valence-electron chi connectivity index (χ3n) is 3.67. The van der Waals surface area contributed by atoms with Gasteiger partial charge in [-0.25, -0.2) is 4.79 Å². The van der Waals surface area contributed by atoms with E-state index in [0.29, 0.717) is 0 Å². The Balaban J connectivity index is 1.85. The number of likely N-dealkylation sites (tertiary alicyclic amines) is 1. The minimum atomic E-state index is 0.258. The highest BCUT2D eigenvalue weighted by Gasteiger charge is 2.24. The van der Waals surface area contributed by atoms with Crippen LogP contribution in [0.5, 0.6) is 0 Å². The SMILES string of the molecule is CSC1CCCN(C(=O)N2CCNCC2)CC1. The average molecular weight is 257 g/mol. The van der Waals surface area contributed by atoms with Crippen LogP contribution >= 0.6 is 11.8 Å². The lowest BCUT2D eigenvalue weighted by atomic mass is 10.2. The second-order valence-corrected chi connectivity index (χ2v) is 5.93. The molecule has 0 aromatic carbocycles. The van der Waals surface area contributed by atoms with E-state index in [-0.39, 0.29) is 6.03 Å². The van der Waals surface area contributed by atoms with Crippen molar-refractivity contribution in [2.45, 2.75) is 24.5 Å². The molecule has 4 nitrogen and oxygen atoms in total. The molecule has 98 valence electrons. The van der Waals surface area contributed by atoms with E-state index in [1.54, 1.807) is 0 Å². The summed E-state index contributed by atoms with van der Waals surface area (Å²) < 4.78 is 0. The van der Waals surface area contributed by atoms with Crippen LogP contribution in [0.3, 0.4) is 0 Å². The predicted molar refractivity (Wildman–Crippen MR) is 72.6 cm³/mol. The second kappa shape index (κ2) is 6.50. The number of hydrogen-bond acceptors (Lipinski definition) is 3. The Morgan fingerprint density at radius 3 is 2.53 bits per heavy atom. The van der Waals surface area contributed by atoms with E-state index in [0.717, 1.165) is 57.4 Å². The molecule has 0 saturated carbocycles. The van der Waals surface area contributed by atoms with Gasteiger partial charge >= 0.3 is 6.03 Å². The number of nitrogens with one attached hydrogen (secondary N) is 1. The van der Waals surface area contributed by atoms with Gasteiger partial charge in [-0.3, -0.25) is 0 Å². The molecule has 0 spiro atoms. The summed E-state index contributed by atoms with van der Waals surface area (Å²) in [6, 6.07) is 0.258. The lowest BCUT2D eigenvalue weighted by molar-refractivity contribution is 0.148. The molecule has 0 aromatic heterocycles. The first kappa shape index (κ1) is 13.0. The Morgan fingerprint density at radius 2 is 1.82 bits per heavy atom. The van der Waals surface area contributed by atoms with Crippen molar-refractivity contribution in [2.24, 2.45) is 0 Å². The fourth-order valence-electron chi connectivity index (χ4n) is 2.55. The van der Waals surface area contributed by atoms with Gasteiger partial charge in [0.25, 0.3) is 0 Å². The summed E-state index contributed by atoms with van der Waals surface area (Å²) >= 11 is 1.95. The van der Waals surface area contributed by atoms with Crippen LogP contribution in [-0.4, -0.2) is 66.6 Å². The number of piperazine rings is 1. The third-order valence-corrected chi connectivity index (χ3v) is 4.80. The van der Waals surface area contributed by atoms with Gasteiger partial charge < -0.3 is 15.1 Å². The van der Waals surface area contributed by atoms with Gasteiger partial charge in [-0.1, -0.05) is 0 Å². The van der Waals surface area contributed by atoms with Gasteiger partial charge in [0.1, 0.15) is 0 Å². The molecule has 2 heterocycles. The Kier molecular flexibility index (Phi) is 4.98. The highest BCUT2D eigenvalue weighted by Crippen LogP contribution is 2.21. The number of urea groups is 1. The van der Waals surface area contributed by atoms with Crippen LogP contribution in [0.2, 0.25) is 0 Å². The van der Waals surface area contributed by atoms with Crippen molar-refractivity contribution in [1.29, 1.82) is 0 Å². The van der Waals surface area contributed by atoms with Gasteiger partial charge in [0.05, 0.1) is 0 Å². The van der Waals surface area contributed by atoms with E-state index in [1.807, 2.05) is 16.7 Å². The summed E-state index contributed by atoms with van der Waals surface area (Å²) in [5.41, 5.74) is 0. The standard InChI is InChI=1S/C12H23N3OS/c1-17-11-3-2-7-14(8-4-11)12(16)15-9-5-13-6-10-15/h11,13H,2-10H2,1H3. The molecule has 2 amide bonds. The minimum Gasteiger partial charge on any atom is -0.325 e. The van der Waals surface area contributed by atoms with Crippen molar-refractivity contribution in [3.8, 4) is 0 Å². The Bertz CT molecular complexity index is 256. The van der Waals surface area contributed by atoms with Crippen LogP contribution in [-0.2, 0) is 0 Å². The summed E-state index contributed by atoms with van der Waals surface area (Å²) in [6.07, 6.45) is 5.74. The third kappa shape index (κ3) is 3.52. The number of carbonyl (C=O) groups is 1. The molecule has 1 N–H and O–H groups in total. The molecule has 0 bridgehead atoms. The zero-order chi connectivity index (χ0) is 12.1. The van der Waals surface area contributed by atoms with E-state index in [4.69, 9.17) is 0 Å². The maximum absolute atomic E-state index is 12.3. The van der Waals surface area contributed by atoms with Crippen LogP contribution in [0.15, 0.2) is 0 Å². The van der Waals surface area contributed by atoms with Crippen molar-refractivity contribution >= 4 is 17.8 Å². The molecular weight excluding hydrogens is 234 g/mol. The summed E-state index contributed by atoms with van der Waals surface area (Å²) in [6.45, 7) is 5.48. The maximum atomic E-state index is 12.3. The zero-order valence-corrected chi connectivity index (χ0v) is 11.5. The number of thioether (sulfide) groups is 1. The number of hydrogen-bond donors (Lipinski definition) is 1. The van der Waals surface area contributed by atoms with Crippen LogP contribution in [0.25, 0.3) is 0 Å². The van der Waals surface area contributed by atoms with Crippen LogP contribution in [0.1, 0.15) is 19.3 Å². The zero-order valence-electron chi connectivity index (χ0n) is 10.7. The number of amides is 2. The van der Waals surface area contributed by atoms with Gasteiger partial charge in [0.2, 0.25) is 0 Å². The van der Waals surface area contributed by atoms with Crippen molar-refractivity contribution in [3.05, 3.63) is 0 Å². The van der Waals surface area contributed by atoms with E-state index in [9.17, 15) is 4.79 Å². The molecule has 17 heavy (non-hydrogen) atoms. The van der Waals surface area contributed by atoms with Gasteiger partial charge in [0, 0.05) is 44.5 Å². The highest BCUT2D eigenvalue weighted by atomic mass is 32.2. The molecule has 0 radical (unpaired) electrons. The summed E-state index contributed by atoms with van der Waals surface area (Å²) in [5, 5.41) is 4.03. The Morgan fingerprint density at radius 1 is 1.12 bits per heavy atom. The number of rotatable bonds is 1. The summed E-state index contributed by atoms with van der Waals surface area (Å²) in [5.74, 6) is 0. The molecule has 5 heteroatoms. The van der Waals surface area contributed by atoms with Crippen molar-refractivity contribution < 1.29 is 4.79 Å². The fourth-order valence-corrected chi connectivity index (χ4v) is 3.29. The number of nitrogens with zero attached hydrogens (tertiary/aromatic N) is 2. The molecule has 1 unspecified atom stereocenters. The first-order chi connectivity index (χ1) is 8.31. The molecule has 0 aromatic rings. The predicted octanol–water partition coefficient (Wildman–Crippen LogP) is 1.23. The van der Waals surface area contributed by atoms with Crippen molar-refractivity contribution in [2.75, 3.05) is 45.5 Å². The molecule has 2 aliphatic rings. The van der Waals surface area contributed by atoms with E-state index < -0.39 is 0 Å². The second-order valence-electron chi connectivity index (χ2n) is 4.80. The minimum absolute atomic E-state index is 0.258. The molecule has 2 aliphatic heterocycles. The number of carbonyl (C=O) groups excluding carboxylic acids is 1. The maximum Gasteiger partial charge on any atom is 0.320 e. The normalized spacial score (nSPS) is 26.8. The monoisotopic (exact) mass is 257 g/mol. The quantitative estimate of drug-likeness (QED) is 0.767. The molecule has 2 saturated heterocycles. The van der Waals surface area contributed by atoms with E-state index >= 15 is 0 Å². The van der Waals surface area contributed by atoms with Crippen molar-refractivity contribution in [1.82, 2.24) is 15.1 Å². The fraction of sp³-hybridized carbons (Fsp3) is 0.917. The molecule has 1 atom stereocenters. The highest BCUT2D eigenvalue weighted by molar-refractivity contribution is 7.99. The van der Waals surface area contributed by atoms with Crippen LogP contribution < -0.4 is 5.32 Å². The lowest BCUT2D eigenvalue weighted by Crippen LogP contribution is -2.51. The Hall–Kier alpha value is -0.420. The topological polar surface area (TPSA) is 35.6 Å². The van der Waals surface area contributed by atoms with Gasteiger partial charge in [-0.2, -0.15) is 11.8 Å². The van der Waals surface area contributed by atoms with Crippen molar-refractivity contribution in [3.63, 3.8) is 0 Å². The van der Waals surface area contributed by atoms with Crippen LogP contribution in [0, 0.1) is 0 Å². The largest absolute Gasteiger partial charge is 0.325 e. The molecule has 2 rings (SSSR count). The molecule has 2 fully saturated rings. The van der Waals surface area contributed by atoms with E-state index in [2.05, 4.69) is 16.5 Å². The molecular formula is C12H23N3OS. The lowest BCUT2D eigenvalue weighted by Gasteiger charge is -2.32. The smallest absolute Gasteiger partial charge is 0.320 e. The van der Waals surface area contributed by atoms with Gasteiger partial charge in [-0.15, -0.1) is 0 Å². The average Bonchev–Trinajstić information content (AvgIpc) is 2.64. The summed E-state index contributed by atoms with van der Waals surface area (Å²) in [7, 11) is 0.